The quantitative estimate of drug-likeness (QED) is 0.322. The fourth-order valence-electron chi connectivity index (χ4n) is 1.36. The first-order chi connectivity index (χ1) is 9.92. The van der Waals surface area contributed by atoms with Crippen LogP contribution in [-0.4, -0.2) is 36.2 Å². The lowest BCUT2D eigenvalue weighted by molar-refractivity contribution is -0.143. The van der Waals surface area contributed by atoms with Gasteiger partial charge in [0.15, 0.2) is 0 Å². The molecule has 0 heterocycles. The summed E-state index contributed by atoms with van der Waals surface area (Å²) >= 11 is 0. The Labute approximate surface area is 136 Å². The normalized spacial score (nSPS) is 12.1. The fraction of sp³-hybridized carbons (Fsp3) is 0.733. The number of carbonyl (C=O) groups excluding carboxylic acids is 2. The molecule has 0 atom stereocenters. The molecule has 6 heteroatoms. The SMILES string of the molecule is CCCCC(=O)OCC/C(SSC(C)C)=C(\C)N(C)C=O. The Hall–Kier alpha value is -0.620. The molecular formula is C15H27NO3S2. The van der Waals surface area contributed by atoms with Crippen LogP contribution in [0.4, 0.5) is 0 Å². The Kier molecular flexibility index (Phi) is 11.6. The van der Waals surface area contributed by atoms with Crippen LogP contribution >= 0.6 is 21.6 Å². The van der Waals surface area contributed by atoms with Gasteiger partial charge in [-0.3, -0.25) is 9.59 Å². The number of hydrogen-bond acceptors (Lipinski definition) is 5. The second kappa shape index (κ2) is 12.0. The summed E-state index contributed by atoms with van der Waals surface area (Å²) in [6.45, 7) is 8.58. The molecular weight excluding hydrogens is 306 g/mol. The highest BCUT2D eigenvalue weighted by Crippen LogP contribution is 2.37. The topological polar surface area (TPSA) is 46.6 Å². The number of unbranched alkanes of at least 4 members (excludes halogenated alkanes) is 1. The van der Waals surface area contributed by atoms with Crippen molar-refractivity contribution < 1.29 is 14.3 Å². The average Bonchev–Trinajstić information content (AvgIpc) is 2.46. The summed E-state index contributed by atoms with van der Waals surface area (Å²) in [7, 11) is 5.13. The molecule has 4 nitrogen and oxygen atoms in total. The molecule has 0 fully saturated rings. The van der Waals surface area contributed by atoms with Crippen LogP contribution < -0.4 is 0 Å². The van der Waals surface area contributed by atoms with Gasteiger partial charge in [-0.2, -0.15) is 0 Å². The smallest absolute Gasteiger partial charge is 0.305 e. The second-order valence-electron chi connectivity index (χ2n) is 5.03. The largest absolute Gasteiger partial charge is 0.465 e. The van der Waals surface area contributed by atoms with Crippen molar-refractivity contribution in [1.29, 1.82) is 0 Å². The molecule has 0 bridgehead atoms. The molecule has 0 aromatic rings. The predicted molar refractivity (Wildman–Crippen MR) is 91.9 cm³/mol. The van der Waals surface area contributed by atoms with Crippen molar-refractivity contribution >= 4 is 34.0 Å². The van der Waals surface area contributed by atoms with Crippen LogP contribution in [0.15, 0.2) is 10.6 Å². The van der Waals surface area contributed by atoms with E-state index in [1.54, 1.807) is 33.5 Å². The average molecular weight is 334 g/mol. The number of amides is 1. The van der Waals surface area contributed by atoms with E-state index in [9.17, 15) is 9.59 Å². The van der Waals surface area contributed by atoms with Gasteiger partial charge in [-0.25, -0.2) is 0 Å². The molecule has 1 amide bonds. The van der Waals surface area contributed by atoms with Crippen molar-refractivity contribution in [3.05, 3.63) is 10.6 Å². The molecule has 0 unspecified atom stereocenters. The summed E-state index contributed by atoms with van der Waals surface area (Å²) in [6.07, 6.45) is 3.78. The minimum Gasteiger partial charge on any atom is -0.465 e. The van der Waals surface area contributed by atoms with E-state index in [0.717, 1.165) is 29.9 Å². The van der Waals surface area contributed by atoms with Gasteiger partial charge in [0, 0.05) is 35.7 Å². The van der Waals surface area contributed by atoms with E-state index in [4.69, 9.17) is 4.74 Å². The van der Waals surface area contributed by atoms with E-state index in [1.807, 2.05) is 13.8 Å². The molecule has 0 N–H and O–H groups in total. The zero-order chi connectivity index (χ0) is 16.3. The molecule has 0 saturated carbocycles. The molecule has 122 valence electrons. The maximum absolute atomic E-state index is 11.5. The van der Waals surface area contributed by atoms with E-state index in [0.29, 0.717) is 24.7 Å². The summed E-state index contributed by atoms with van der Waals surface area (Å²) in [6, 6.07) is 0. The molecule has 0 radical (unpaired) electrons. The number of ether oxygens (including phenoxy) is 1. The monoisotopic (exact) mass is 333 g/mol. The minimum atomic E-state index is -0.140. The van der Waals surface area contributed by atoms with E-state index in [2.05, 4.69) is 13.8 Å². The van der Waals surface area contributed by atoms with Crippen molar-refractivity contribution in [3.8, 4) is 0 Å². The predicted octanol–water partition coefficient (Wildman–Crippen LogP) is 4.22. The molecule has 0 rings (SSSR count). The standard InChI is InChI=1S/C15H27NO3S2/c1-6-7-8-15(18)19-10-9-14(21-20-12(2)3)13(4)16(5)11-17/h11-12H,6-10H2,1-5H3/b14-13-. The number of nitrogens with zero attached hydrogens (tertiary/aromatic N) is 1. The molecule has 0 aromatic heterocycles. The maximum Gasteiger partial charge on any atom is 0.305 e. The second-order valence-corrected chi connectivity index (χ2v) is 7.90. The molecule has 0 saturated heterocycles. The van der Waals surface area contributed by atoms with Crippen molar-refractivity contribution in [2.45, 2.75) is 58.6 Å². The first kappa shape index (κ1) is 20.4. The third kappa shape index (κ3) is 9.85. The van der Waals surface area contributed by atoms with Gasteiger partial charge < -0.3 is 9.64 Å². The third-order valence-electron chi connectivity index (χ3n) is 2.76. The van der Waals surface area contributed by atoms with Crippen LogP contribution in [0, 0.1) is 0 Å². The van der Waals surface area contributed by atoms with Crippen LogP contribution in [0.2, 0.25) is 0 Å². The molecule has 0 spiro atoms. The van der Waals surface area contributed by atoms with Gasteiger partial charge in [-0.05, 0) is 13.3 Å². The van der Waals surface area contributed by atoms with Gasteiger partial charge in [-0.15, -0.1) is 0 Å². The fourth-order valence-corrected chi connectivity index (χ4v) is 3.64. The number of hydrogen-bond donors (Lipinski definition) is 0. The highest BCUT2D eigenvalue weighted by atomic mass is 33.1. The number of esters is 1. The zero-order valence-corrected chi connectivity index (χ0v) is 15.3. The minimum absolute atomic E-state index is 0.140. The van der Waals surface area contributed by atoms with Crippen molar-refractivity contribution in [2.75, 3.05) is 13.7 Å². The van der Waals surface area contributed by atoms with Gasteiger partial charge in [-0.1, -0.05) is 48.8 Å². The number of rotatable bonds is 11. The summed E-state index contributed by atoms with van der Waals surface area (Å²) in [4.78, 5) is 25.0. The van der Waals surface area contributed by atoms with Crippen LogP contribution in [0.25, 0.3) is 0 Å². The molecule has 0 aliphatic carbocycles. The van der Waals surface area contributed by atoms with Crippen LogP contribution in [-0.2, 0) is 14.3 Å². The maximum atomic E-state index is 11.5. The number of carbonyl (C=O) groups is 2. The van der Waals surface area contributed by atoms with Crippen molar-refractivity contribution in [1.82, 2.24) is 4.90 Å². The first-order valence-electron chi connectivity index (χ1n) is 7.29. The summed E-state index contributed by atoms with van der Waals surface area (Å²) < 4.78 is 5.24. The lowest BCUT2D eigenvalue weighted by atomic mass is 10.2. The van der Waals surface area contributed by atoms with Gasteiger partial charge in [0.2, 0.25) is 6.41 Å². The highest BCUT2D eigenvalue weighted by Gasteiger charge is 2.11. The van der Waals surface area contributed by atoms with Crippen LogP contribution in [0.3, 0.4) is 0 Å². The van der Waals surface area contributed by atoms with Crippen molar-refractivity contribution in [3.63, 3.8) is 0 Å². The van der Waals surface area contributed by atoms with Gasteiger partial charge in [0.05, 0.1) is 6.61 Å². The first-order valence-corrected chi connectivity index (χ1v) is 9.50. The van der Waals surface area contributed by atoms with Gasteiger partial charge in [0.1, 0.15) is 0 Å². The Morgan fingerprint density at radius 1 is 1.33 bits per heavy atom. The molecule has 0 aliphatic rings. The van der Waals surface area contributed by atoms with E-state index >= 15 is 0 Å². The van der Waals surface area contributed by atoms with Gasteiger partial charge in [0.25, 0.3) is 0 Å². The molecule has 21 heavy (non-hydrogen) atoms. The lowest BCUT2D eigenvalue weighted by Gasteiger charge is -2.17. The Balaban J connectivity index is 4.47. The van der Waals surface area contributed by atoms with E-state index in [-0.39, 0.29) is 5.97 Å². The summed E-state index contributed by atoms with van der Waals surface area (Å²) in [5, 5.41) is 0.492. The van der Waals surface area contributed by atoms with E-state index in [1.165, 1.54) is 0 Å². The lowest BCUT2D eigenvalue weighted by Crippen LogP contribution is -2.15. The summed E-state index contributed by atoms with van der Waals surface area (Å²) in [5.74, 6) is -0.140. The molecule has 0 aromatic carbocycles. The van der Waals surface area contributed by atoms with Gasteiger partial charge >= 0.3 is 5.97 Å². The Morgan fingerprint density at radius 2 is 2.00 bits per heavy atom. The zero-order valence-electron chi connectivity index (χ0n) is 13.7. The van der Waals surface area contributed by atoms with Crippen molar-refractivity contribution in [2.24, 2.45) is 0 Å². The Morgan fingerprint density at radius 3 is 2.52 bits per heavy atom. The number of allylic oxidation sites excluding steroid dienone is 1. The van der Waals surface area contributed by atoms with E-state index < -0.39 is 0 Å². The molecule has 0 aliphatic heterocycles. The van der Waals surface area contributed by atoms with Crippen LogP contribution in [0.1, 0.15) is 53.4 Å². The van der Waals surface area contributed by atoms with Crippen LogP contribution in [0.5, 0.6) is 0 Å². The highest BCUT2D eigenvalue weighted by molar-refractivity contribution is 8.78. The third-order valence-corrected chi connectivity index (χ3v) is 5.99. The summed E-state index contributed by atoms with van der Waals surface area (Å²) in [5.41, 5.74) is 0.910. The Bertz CT molecular complexity index is 357.